The van der Waals surface area contributed by atoms with Crippen LogP contribution >= 0.6 is 11.3 Å². The van der Waals surface area contributed by atoms with E-state index in [9.17, 15) is 4.79 Å². The van der Waals surface area contributed by atoms with Gasteiger partial charge in [0.25, 0.3) is 0 Å². The Balaban J connectivity index is 2.32. The number of aromatic nitrogens is 1. The van der Waals surface area contributed by atoms with Crippen LogP contribution in [0.25, 0.3) is 0 Å². The third kappa shape index (κ3) is 2.46. The van der Waals surface area contributed by atoms with E-state index in [1.54, 1.807) is 6.20 Å². The van der Waals surface area contributed by atoms with Crippen LogP contribution in [0.1, 0.15) is 22.9 Å². The topological polar surface area (TPSA) is 50.2 Å². The zero-order valence-corrected chi connectivity index (χ0v) is 9.35. The lowest BCUT2D eigenvalue weighted by molar-refractivity contribution is -0.137. The number of hydrogen-bond acceptors (Lipinski definition) is 3. The zero-order valence-electron chi connectivity index (χ0n) is 8.54. The highest BCUT2D eigenvalue weighted by atomic mass is 32.1. The molecule has 2 aromatic rings. The van der Waals surface area contributed by atoms with Crippen molar-refractivity contribution < 1.29 is 9.90 Å². The van der Waals surface area contributed by atoms with Gasteiger partial charge in [-0.2, -0.15) is 0 Å². The number of benzene rings is 1. The quantitative estimate of drug-likeness (QED) is 0.883. The monoisotopic (exact) mass is 233 g/mol. The summed E-state index contributed by atoms with van der Waals surface area (Å²) in [5.74, 6) is -0.942. The van der Waals surface area contributed by atoms with Gasteiger partial charge < -0.3 is 5.11 Å². The van der Waals surface area contributed by atoms with Crippen LogP contribution in [-0.4, -0.2) is 16.1 Å². The number of carbonyl (C=O) groups is 1. The van der Waals surface area contributed by atoms with Gasteiger partial charge in [-0.15, -0.1) is 11.3 Å². The minimum Gasteiger partial charge on any atom is -0.481 e. The summed E-state index contributed by atoms with van der Waals surface area (Å²) >= 11 is 1.49. The van der Waals surface area contributed by atoms with Crippen LogP contribution in [0.15, 0.2) is 41.9 Å². The Labute approximate surface area is 97.4 Å². The van der Waals surface area contributed by atoms with Crippen molar-refractivity contribution in [2.75, 3.05) is 0 Å². The molecule has 0 radical (unpaired) electrons. The summed E-state index contributed by atoms with van der Waals surface area (Å²) in [7, 11) is 0. The van der Waals surface area contributed by atoms with E-state index >= 15 is 0 Å². The fraction of sp³-hybridized carbons (Fsp3) is 0.167. The lowest BCUT2D eigenvalue weighted by Crippen LogP contribution is -2.07. The molecule has 4 heteroatoms. The first-order valence-electron chi connectivity index (χ1n) is 4.93. The van der Waals surface area contributed by atoms with Gasteiger partial charge in [-0.1, -0.05) is 30.3 Å². The van der Waals surface area contributed by atoms with Gasteiger partial charge in [0.2, 0.25) is 0 Å². The summed E-state index contributed by atoms with van der Waals surface area (Å²) in [4.78, 5) is 15.1. The summed E-state index contributed by atoms with van der Waals surface area (Å²) in [5.41, 5.74) is 1.000. The molecule has 0 aliphatic heterocycles. The van der Waals surface area contributed by atoms with Crippen molar-refractivity contribution in [3.05, 3.63) is 52.5 Å². The smallest absolute Gasteiger partial charge is 0.304 e. The number of hydrogen-bond donors (Lipinski definition) is 1. The zero-order chi connectivity index (χ0) is 11.4. The number of nitrogens with zero attached hydrogens (tertiary/aromatic N) is 1. The maximum Gasteiger partial charge on any atom is 0.304 e. The molecule has 0 bridgehead atoms. The molecular formula is C12H11NO2S. The van der Waals surface area contributed by atoms with E-state index in [4.69, 9.17) is 5.11 Å². The lowest BCUT2D eigenvalue weighted by Gasteiger charge is -2.11. The van der Waals surface area contributed by atoms with Crippen LogP contribution in [-0.2, 0) is 4.79 Å². The van der Waals surface area contributed by atoms with E-state index in [0.29, 0.717) is 0 Å². The summed E-state index contributed by atoms with van der Waals surface area (Å²) in [6, 6.07) is 9.63. The van der Waals surface area contributed by atoms with E-state index in [-0.39, 0.29) is 12.3 Å². The Morgan fingerprint density at radius 1 is 1.38 bits per heavy atom. The molecule has 0 saturated carbocycles. The second kappa shape index (κ2) is 4.90. The van der Waals surface area contributed by atoms with Gasteiger partial charge in [-0.25, -0.2) is 4.98 Å². The second-order valence-corrected chi connectivity index (χ2v) is 4.36. The molecular weight excluding hydrogens is 222 g/mol. The molecule has 1 N–H and O–H groups in total. The molecule has 0 saturated heterocycles. The molecule has 0 aliphatic carbocycles. The largest absolute Gasteiger partial charge is 0.481 e. The summed E-state index contributed by atoms with van der Waals surface area (Å²) in [6.45, 7) is 0. The van der Waals surface area contributed by atoms with Crippen molar-refractivity contribution in [1.82, 2.24) is 4.98 Å². The minimum absolute atomic E-state index is 0.0809. The van der Waals surface area contributed by atoms with Crippen LogP contribution in [0.4, 0.5) is 0 Å². The third-order valence-electron chi connectivity index (χ3n) is 2.33. The maximum atomic E-state index is 10.9. The first-order chi connectivity index (χ1) is 7.77. The highest BCUT2D eigenvalue weighted by Gasteiger charge is 2.19. The highest BCUT2D eigenvalue weighted by Crippen LogP contribution is 2.29. The van der Waals surface area contributed by atoms with Crippen LogP contribution in [0, 0.1) is 0 Å². The molecule has 0 spiro atoms. The van der Waals surface area contributed by atoms with E-state index in [1.807, 2.05) is 35.7 Å². The highest BCUT2D eigenvalue weighted by molar-refractivity contribution is 7.09. The van der Waals surface area contributed by atoms with E-state index < -0.39 is 5.97 Å². The Bertz CT molecular complexity index is 453. The third-order valence-corrected chi connectivity index (χ3v) is 3.22. The average Bonchev–Trinajstić information content (AvgIpc) is 2.80. The summed E-state index contributed by atoms with van der Waals surface area (Å²) in [5, 5.41) is 11.6. The van der Waals surface area contributed by atoms with E-state index in [0.717, 1.165) is 10.6 Å². The number of rotatable bonds is 4. The SMILES string of the molecule is O=C(O)CC(c1ccccc1)c1nccs1. The second-order valence-electron chi connectivity index (χ2n) is 3.43. The predicted molar refractivity (Wildman–Crippen MR) is 62.7 cm³/mol. The average molecular weight is 233 g/mol. The fourth-order valence-corrected chi connectivity index (χ4v) is 2.38. The standard InChI is InChI=1S/C12H11NO2S/c14-11(15)8-10(12-13-6-7-16-12)9-4-2-1-3-5-9/h1-7,10H,8H2,(H,14,15). The molecule has 1 aromatic heterocycles. The van der Waals surface area contributed by atoms with Gasteiger partial charge in [0.1, 0.15) is 5.01 Å². The van der Waals surface area contributed by atoms with Crippen molar-refractivity contribution in [2.24, 2.45) is 0 Å². The summed E-state index contributed by atoms with van der Waals surface area (Å²) < 4.78 is 0. The van der Waals surface area contributed by atoms with Gasteiger partial charge in [-0.3, -0.25) is 4.79 Å². The molecule has 1 heterocycles. The number of aliphatic carboxylic acids is 1. The van der Waals surface area contributed by atoms with Crippen LogP contribution < -0.4 is 0 Å². The Kier molecular flexibility index (Phi) is 3.31. The van der Waals surface area contributed by atoms with Crippen molar-refractivity contribution in [3.8, 4) is 0 Å². The molecule has 0 amide bonds. The number of carboxylic acid groups (broad SMARTS) is 1. The summed E-state index contributed by atoms with van der Waals surface area (Å²) in [6.07, 6.45) is 1.79. The van der Waals surface area contributed by atoms with Crippen molar-refractivity contribution >= 4 is 17.3 Å². The molecule has 0 fully saturated rings. The lowest BCUT2D eigenvalue weighted by atomic mass is 9.96. The van der Waals surface area contributed by atoms with Gasteiger partial charge >= 0.3 is 5.97 Å². The van der Waals surface area contributed by atoms with Gasteiger partial charge in [0.05, 0.1) is 6.42 Å². The van der Waals surface area contributed by atoms with Crippen molar-refractivity contribution in [2.45, 2.75) is 12.3 Å². The molecule has 82 valence electrons. The Morgan fingerprint density at radius 3 is 2.69 bits per heavy atom. The molecule has 1 unspecified atom stereocenters. The predicted octanol–water partition coefficient (Wildman–Crippen LogP) is 2.75. The van der Waals surface area contributed by atoms with Gasteiger partial charge in [0, 0.05) is 17.5 Å². The maximum absolute atomic E-state index is 10.9. The Hall–Kier alpha value is -1.68. The molecule has 2 rings (SSSR count). The van der Waals surface area contributed by atoms with Crippen LogP contribution in [0.3, 0.4) is 0 Å². The molecule has 3 nitrogen and oxygen atoms in total. The van der Waals surface area contributed by atoms with Crippen molar-refractivity contribution in [1.29, 1.82) is 0 Å². The first kappa shape index (κ1) is 10.8. The molecule has 1 aromatic carbocycles. The van der Waals surface area contributed by atoms with E-state index in [2.05, 4.69) is 4.98 Å². The Morgan fingerprint density at radius 2 is 2.12 bits per heavy atom. The van der Waals surface area contributed by atoms with Crippen molar-refractivity contribution in [3.63, 3.8) is 0 Å². The fourth-order valence-electron chi connectivity index (χ4n) is 1.61. The number of carboxylic acids is 1. The molecule has 1 atom stereocenters. The van der Waals surface area contributed by atoms with Crippen LogP contribution in [0.5, 0.6) is 0 Å². The van der Waals surface area contributed by atoms with Gasteiger partial charge in [-0.05, 0) is 5.56 Å². The normalized spacial score (nSPS) is 12.2. The van der Waals surface area contributed by atoms with Gasteiger partial charge in [0.15, 0.2) is 0 Å². The minimum atomic E-state index is -0.802. The number of thiazole rings is 1. The molecule has 16 heavy (non-hydrogen) atoms. The van der Waals surface area contributed by atoms with Crippen LogP contribution in [0.2, 0.25) is 0 Å². The van der Waals surface area contributed by atoms with E-state index in [1.165, 1.54) is 11.3 Å². The first-order valence-corrected chi connectivity index (χ1v) is 5.81. The molecule has 0 aliphatic rings.